The highest BCUT2D eigenvalue weighted by Crippen LogP contribution is 2.29. The van der Waals surface area contributed by atoms with Gasteiger partial charge in [0.15, 0.2) is 0 Å². The van der Waals surface area contributed by atoms with Gasteiger partial charge in [0.2, 0.25) is 5.82 Å². The van der Waals surface area contributed by atoms with Gasteiger partial charge in [0.25, 0.3) is 0 Å². The van der Waals surface area contributed by atoms with Gasteiger partial charge in [-0.05, 0) is 5.56 Å². The van der Waals surface area contributed by atoms with Crippen molar-refractivity contribution < 1.29 is 22.2 Å². The van der Waals surface area contributed by atoms with Crippen LogP contribution >= 0.6 is 0 Å². The zero-order valence-corrected chi connectivity index (χ0v) is 10.5. The molecule has 0 saturated carbocycles. The van der Waals surface area contributed by atoms with Crippen molar-refractivity contribution in [3.63, 3.8) is 0 Å². The Kier molecular flexibility index (Phi) is 3.20. The predicted octanol–water partition coefficient (Wildman–Crippen LogP) is 3.33. The highest BCUT2D eigenvalue weighted by atomic mass is 19.4. The lowest BCUT2D eigenvalue weighted by Crippen LogP contribution is -2.04. The molecule has 0 aliphatic carbocycles. The van der Waals surface area contributed by atoms with E-state index in [0.717, 1.165) is 11.1 Å². The van der Waals surface area contributed by atoms with Gasteiger partial charge in [-0.25, -0.2) is 0 Å². The number of hydrogen-bond acceptors (Lipinski definition) is 5. The van der Waals surface area contributed by atoms with Crippen molar-refractivity contribution in [3.8, 4) is 11.4 Å². The molecule has 1 aromatic carbocycles. The van der Waals surface area contributed by atoms with E-state index in [4.69, 9.17) is 4.52 Å². The lowest BCUT2D eigenvalue weighted by Gasteiger charge is -1.99. The van der Waals surface area contributed by atoms with Crippen LogP contribution in [0, 0.1) is 0 Å². The first-order chi connectivity index (χ1) is 10.0. The Bertz CT molecular complexity index is 718. The molecule has 0 spiro atoms. The van der Waals surface area contributed by atoms with Gasteiger partial charge in [0, 0.05) is 17.5 Å². The number of benzene rings is 1. The van der Waals surface area contributed by atoms with Crippen LogP contribution in [0.2, 0.25) is 0 Å². The summed E-state index contributed by atoms with van der Waals surface area (Å²) in [5.41, 5.74) is 2.31. The summed E-state index contributed by atoms with van der Waals surface area (Å²) in [6, 6.07) is 6.81. The van der Waals surface area contributed by atoms with Crippen molar-refractivity contribution in [2.24, 2.45) is 0 Å². The molecule has 2 aromatic heterocycles. The van der Waals surface area contributed by atoms with Crippen LogP contribution < -0.4 is 0 Å². The zero-order valence-electron chi connectivity index (χ0n) is 10.5. The Morgan fingerprint density at radius 1 is 1.05 bits per heavy atom. The third kappa shape index (κ3) is 2.93. The van der Waals surface area contributed by atoms with Gasteiger partial charge in [0.05, 0.1) is 6.20 Å². The van der Waals surface area contributed by atoms with Crippen LogP contribution in [0.5, 0.6) is 0 Å². The summed E-state index contributed by atoms with van der Waals surface area (Å²) in [4.78, 5) is 3.33. The highest BCUT2D eigenvalue weighted by molar-refractivity contribution is 5.54. The second-order valence-corrected chi connectivity index (χ2v) is 4.33. The fourth-order valence-electron chi connectivity index (χ4n) is 1.78. The van der Waals surface area contributed by atoms with E-state index >= 15 is 0 Å². The molecule has 108 valence electrons. The molecule has 3 rings (SSSR count). The van der Waals surface area contributed by atoms with Crippen LogP contribution in [0.15, 0.2) is 45.8 Å². The smallest absolute Gasteiger partial charge is 0.364 e. The van der Waals surface area contributed by atoms with E-state index in [9.17, 15) is 13.2 Å². The molecule has 0 N–H and O–H groups in total. The normalized spacial score (nSPS) is 11.8. The molecular formula is C13H8F3N3O2. The Morgan fingerprint density at radius 3 is 2.38 bits per heavy atom. The maximum absolute atomic E-state index is 12.4. The van der Waals surface area contributed by atoms with Crippen LogP contribution in [-0.4, -0.2) is 15.3 Å². The van der Waals surface area contributed by atoms with Gasteiger partial charge in [0.1, 0.15) is 6.26 Å². The van der Waals surface area contributed by atoms with E-state index in [1.165, 1.54) is 6.26 Å². The Balaban J connectivity index is 1.79. The lowest BCUT2D eigenvalue weighted by molar-refractivity contribution is -0.159. The van der Waals surface area contributed by atoms with Gasteiger partial charge < -0.3 is 9.05 Å². The summed E-state index contributed by atoms with van der Waals surface area (Å²) in [5.74, 6) is -1.45. The Morgan fingerprint density at radius 2 is 1.81 bits per heavy atom. The van der Waals surface area contributed by atoms with Crippen LogP contribution in [0.1, 0.15) is 17.0 Å². The van der Waals surface area contributed by atoms with Gasteiger partial charge in [-0.15, -0.1) is 0 Å². The zero-order chi connectivity index (χ0) is 14.9. The molecule has 0 unspecified atom stereocenters. The van der Waals surface area contributed by atoms with E-state index in [2.05, 4.69) is 19.8 Å². The third-order valence-corrected chi connectivity index (χ3v) is 2.77. The standard InChI is InChI=1S/C13H8F3N3O2/c14-13(15,16)12-18-11(19-21-12)10-3-1-8(2-4-10)5-9-6-17-20-7-9/h1-4,6-7H,5H2. The first-order valence-corrected chi connectivity index (χ1v) is 5.91. The van der Waals surface area contributed by atoms with Crippen LogP contribution in [0.3, 0.4) is 0 Å². The van der Waals surface area contributed by atoms with Crippen LogP contribution in [-0.2, 0) is 12.6 Å². The fraction of sp³-hybridized carbons (Fsp3) is 0.154. The molecule has 8 heteroatoms. The monoisotopic (exact) mass is 295 g/mol. The second kappa shape index (κ2) is 5.04. The molecule has 3 aromatic rings. The number of alkyl halides is 3. The van der Waals surface area contributed by atoms with Crippen molar-refractivity contribution in [1.29, 1.82) is 0 Å². The van der Waals surface area contributed by atoms with Gasteiger partial charge in [-0.3, -0.25) is 0 Å². The van der Waals surface area contributed by atoms with Crippen molar-refractivity contribution in [3.05, 3.63) is 53.7 Å². The molecule has 0 fully saturated rings. The Labute approximate surface area is 116 Å². The molecule has 5 nitrogen and oxygen atoms in total. The van der Waals surface area contributed by atoms with E-state index in [0.29, 0.717) is 12.0 Å². The van der Waals surface area contributed by atoms with Crippen molar-refractivity contribution in [1.82, 2.24) is 15.3 Å². The first-order valence-electron chi connectivity index (χ1n) is 5.91. The average molecular weight is 295 g/mol. The molecular weight excluding hydrogens is 287 g/mol. The molecule has 0 amide bonds. The quantitative estimate of drug-likeness (QED) is 0.741. The first kappa shape index (κ1) is 13.3. The molecule has 21 heavy (non-hydrogen) atoms. The van der Waals surface area contributed by atoms with Crippen LogP contribution in [0.25, 0.3) is 11.4 Å². The molecule has 0 saturated heterocycles. The van der Waals surface area contributed by atoms with Crippen molar-refractivity contribution in [2.45, 2.75) is 12.6 Å². The molecule has 0 aliphatic heterocycles. The van der Waals surface area contributed by atoms with E-state index in [1.807, 2.05) is 0 Å². The lowest BCUT2D eigenvalue weighted by atomic mass is 10.1. The molecule has 2 heterocycles. The highest BCUT2D eigenvalue weighted by Gasteiger charge is 2.38. The topological polar surface area (TPSA) is 65.0 Å². The largest absolute Gasteiger partial charge is 0.471 e. The minimum absolute atomic E-state index is 0.0983. The van der Waals surface area contributed by atoms with Crippen molar-refractivity contribution >= 4 is 0 Å². The predicted molar refractivity (Wildman–Crippen MR) is 64.0 cm³/mol. The van der Waals surface area contributed by atoms with Gasteiger partial charge >= 0.3 is 12.1 Å². The summed E-state index contributed by atoms with van der Waals surface area (Å²) < 4.78 is 46.1. The molecule has 0 atom stereocenters. The SMILES string of the molecule is FC(F)(F)c1nc(-c2ccc(Cc3cnoc3)cc2)no1. The average Bonchev–Trinajstić information content (AvgIpc) is 3.09. The number of rotatable bonds is 3. The number of nitrogens with zero attached hydrogens (tertiary/aromatic N) is 3. The number of halogens is 3. The Hall–Kier alpha value is -2.64. The van der Waals surface area contributed by atoms with E-state index in [1.54, 1.807) is 30.5 Å². The van der Waals surface area contributed by atoms with E-state index < -0.39 is 12.1 Å². The third-order valence-electron chi connectivity index (χ3n) is 2.77. The maximum Gasteiger partial charge on any atom is 0.471 e. The van der Waals surface area contributed by atoms with Crippen LogP contribution in [0.4, 0.5) is 13.2 Å². The summed E-state index contributed by atoms with van der Waals surface area (Å²) in [7, 11) is 0. The summed E-state index contributed by atoms with van der Waals surface area (Å²) in [6.07, 6.45) is -0.894. The maximum atomic E-state index is 12.4. The number of hydrogen-bond donors (Lipinski definition) is 0. The summed E-state index contributed by atoms with van der Waals surface area (Å²) >= 11 is 0. The number of aromatic nitrogens is 3. The molecule has 0 aliphatic rings. The fourth-order valence-corrected chi connectivity index (χ4v) is 1.78. The minimum atomic E-state index is -4.64. The van der Waals surface area contributed by atoms with Gasteiger partial charge in [-0.1, -0.05) is 34.6 Å². The summed E-state index contributed by atoms with van der Waals surface area (Å²) in [5, 5.41) is 6.92. The second-order valence-electron chi connectivity index (χ2n) is 4.33. The van der Waals surface area contributed by atoms with E-state index in [-0.39, 0.29) is 5.82 Å². The minimum Gasteiger partial charge on any atom is -0.364 e. The molecule has 0 radical (unpaired) electrons. The van der Waals surface area contributed by atoms with Crippen molar-refractivity contribution in [2.75, 3.05) is 0 Å². The van der Waals surface area contributed by atoms with Gasteiger partial charge in [-0.2, -0.15) is 18.2 Å². The summed E-state index contributed by atoms with van der Waals surface area (Å²) in [6.45, 7) is 0. The molecule has 0 bridgehead atoms.